The number of nitro benzene ring substituents is 1. The van der Waals surface area contributed by atoms with Crippen LogP contribution in [0, 0.1) is 28.4 Å². The lowest BCUT2D eigenvalue weighted by Gasteiger charge is -2.06. The van der Waals surface area contributed by atoms with Gasteiger partial charge in [-0.25, -0.2) is 4.98 Å². The van der Waals surface area contributed by atoms with Crippen LogP contribution in [0.25, 0.3) is 27.7 Å². The van der Waals surface area contributed by atoms with E-state index in [2.05, 4.69) is 21.4 Å². The molecule has 0 aliphatic heterocycles. The molecule has 0 amide bonds. The van der Waals surface area contributed by atoms with Gasteiger partial charge < -0.3 is 5.32 Å². The highest BCUT2D eigenvalue weighted by Crippen LogP contribution is 2.29. The zero-order chi connectivity index (χ0) is 21.1. The molecule has 2 heterocycles. The zero-order valence-electron chi connectivity index (χ0n) is 15.9. The molecule has 4 rings (SSSR count). The highest BCUT2D eigenvalue weighted by Gasteiger charge is 2.12. The number of aryl methyl sites for hydroxylation is 1. The molecule has 146 valence electrons. The first kappa shape index (κ1) is 19.2. The molecule has 0 atom stereocenters. The fraction of sp³-hybridized carbons (Fsp3) is 0.0455. The van der Waals surface area contributed by atoms with E-state index in [-0.39, 0.29) is 5.69 Å². The molecule has 0 saturated heterocycles. The fourth-order valence-electron chi connectivity index (χ4n) is 2.96. The van der Waals surface area contributed by atoms with Crippen LogP contribution in [0.1, 0.15) is 10.7 Å². The lowest BCUT2D eigenvalue weighted by Crippen LogP contribution is -1.94. The SMILES string of the molecule is Cc1ccc2cccc(N/C=C(\C#N)c3nc(-c4cccc([N+](=O)[O-])c4)cs3)c2n1. The molecule has 0 fully saturated rings. The molecule has 0 saturated carbocycles. The van der Waals surface area contributed by atoms with Gasteiger partial charge in [-0.3, -0.25) is 15.1 Å². The van der Waals surface area contributed by atoms with Crippen molar-refractivity contribution in [2.24, 2.45) is 0 Å². The summed E-state index contributed by atoms with van der Waals surface area (Å²) < 4.78 is 0. The van der Waals surface area contributed by atoms with E-state index >= 15 is 0 Å². The average Bonchev–Trinajstić information content (AvgIpc) is 3.24. The summed E-state index contributed by atoms with van der Waals surface area (Å²) in [7, 11) is 0. The topological polar surface area (TPSA) is 105 Å². The number of non-ortho nitro benzene ring substituents is 1. The quantitative estimate of drug-likeness (QED) is 0.261. The number of allylic oxidation sites excluding steroid dienone is 1. The van der Waals surface area contributed by atoms with Gasteiger partial charge in [-0.15, -0.1) is 11.3 Å². The number of thiazole rings is 1. The van der Waals surface area contributed by atoms with Gasteiger partial charge in [0, 0.05) is 40.4 Å². The number of fused-ring (bicyclic) bond motifs is 1. The van der Waals surface area contributed by atoms with Gasteiger partial charge in [0.05, 0.1) is 21.8 Å². The van der Waals surface area contributed by atoms with Crippen molar-refractivity contribution in [1.29, 1.82) is 5.26 Å². The molecule has 0 radical (unpaired) electrons. The number of hydrogen-bond donors (Lipinski definition) is 1. The van der Waals surface area contributed by atoms with Gasteiger partial charge in [0.25, 0.3) is 5.69 Å². The molecule has 0 unspecified atom stereocenters. The molecular formula is C22H15N5O2S. The fourth-order valence-corrected chi connectivity index (χ4v) is 3.76. The minimum Gasteiger partial charge on any atom is -0.359 e. The number of nitrogens with zero attached hydrogens (tertiary/aromatic N) is 4. The Hall–Kier alpha value is -4.09. The van der Waals surface area contributed by atoms with Crippen LogP contribution in [0.5, 0.6) is 0 Å². The molecule has 0 bridgehead atoms. The Labute approximate surface area is 176 Å². The van der Waals surface area contributed by atoms with Crippen LogP contribution in [0.2, 0.25) is 0 Å². The monoisotopic (exact) mass is 413 g/mol. The number of nitrogens with one attached hydrogen (secondary N) is 1. The molecule has 8 heteroatoms. The van der Waals surface area contributed by atoms with E-state index in [1.807, 2.05) is 37.3 Å². The Morgan fingerprint density at radius 1 is 1.20 bits per heavy atom. The molecular weight excluding hydrogens is 398 g/mol. The van der Waals surface area contributed by atoms with E-state index in [0.29, 0.717) is 21.8 Å². The van der Waals surface area contributed by atoms with Gasteiger partial charge in [-0.05, 0) is 19.1 Å². The van der Waals surface area contributed by atoms with Crippen LogP contribution in [-0.2, 0) is 0 Å². The van der Waals surface area contributed by atoms with E-state index < -0.39 is 4.92 Å². The van der Waals surface area contributed by atoms with Gasteiger partial charge in [-0.1, -0.05) is 30.3 Å². The maximum absolute atomic E-state index is 11.0. The molecule has 7 nitrogen and oxygen atoms in total. The van der Waals surface area contributed by atoms with Gasteiger partial charge in [0.1, 0.15) is 16.6 Å². The standard InChI is InChI=1S/C22H15N5O2S/c1-14-8-9-15-4-3-7-19(21(15)25-14)24-12-17(11-23)22-26-20(13-30-22)16-5-2-6-18(10-16)27(28)29/h2-10,12-13,24H,1H3/b17-12+. The summed E-state index contributed by atoms with van der Waals surface area (Å²) in [5.74, 6) is 0. The number of para-hydroxylation sites is 1. The van der Waals surface area contributed by atoms with Crippen LogP contribution in [0.3, 0.4) is 0 Å². The molecule has 4 aromatic rings. The number of nitriles is 1. The van der Waals surface area contributed by atoms with Crippen LogP contribution >= 0.6 is 11.3 Å². The predicted molar refractivity (Wildman–Crippen MR) is 118 cm³/mol. The number of benzene rings is 2. The molecule has 2 aromatic carbocycles. The van der Waals surface area contributed by atoms with Crippen LogP contribution in [0.4, 0.5) is 11.4 Å². The van der Waals surface area contributed by atoms with Crippen molar-refractivity contribution in [2.45, 2.75) is 6.92 Å². The third kappa shape index (κ3) is 3.87. The number of pyridine rings is 1. The maximum Gasteiger partial charge on any atom is 0.270 e. The summed E-state index contributed by atoms with van der Waals surface area (Å²) in [6, 6.07) is 18.2. The third-order valence-corrected chi connectivity index (χ3v) is 5.31. The van der Waals surface area contributed by atoms with Crippen LogP contribution in [0.15, 0.2) is 66.2 Å². The summed E-state index contributed by atoms with van der Waals surface area (Å²) >= 11 is 1.31. The first-order valence-electron chi connectivity index (χ1n) is 8.99. The van der Waals surface area contributed by atoms with E-state index in [1.165, 1.54) is 23.5 Å². The second-order valence-electron chi connectivity index (χ2n) is 6.49. The average molecular weight is 413 g/mol. The van der Waals surface area contributed by atoms with E-state index in [4.69, 9.17) is 0 Å². The van der Waals surface area contributed by atoms with E-state index in [1.54, 1.807) is 23.7 Å². The van der Waals surface area contributed by atoms with Crippen LogP contribution < -0.4 is 5.32 Å². The van der Waals surface area contributed by atoms with Crippen molar-refractivity contribution in [3.8, 4) is 17.3 Å². The molecule has 0 spiro atoms. The van der Waals surface area contributed by atoms with Gasteiger partial charge in [0.2, 0.25) is 0 Å². The second kappa shape index (κ2) is 8.11. The minimum absolute atomic E-state index is 0.00138. The summed E-state index contributed by atoms with van der Waals surface area (Å²) in [6.07, 6.45) is 1.61. The molecule has 30 heavy (non-hydrogen) atoms. The second-order valence-corrected chi connectivity index (χ2v) is 7.35. The lowest BCUT2D eigenvalue weighted by atomic mass is 10.1. The smallest absolute Gasteiger partial charge is 0.270 e. The molecule has 0 aliphatic carbocycles. The normalized spacial score (nSPS) is 11.3. The summed E-state index contributed by atoms with van der Waals surface area (Å²) in [5, 5.41) is 27.1. The third-order valence-electron chi connectivity index (χ3n) is 4.44. The summed E-state index contributed by atoms with van der Waals surface area (Å²) in [5.41, 5.74) is 4.09. The number of aromatic nitrogens is 2. The first-order valence-corrected chi connectivity index (χ1v) is 9.87. The van der Waals surface area contributed by atoms with Crippen molar-refractivity contribution in [3.63, 3.8) is 0 Å². The Morgan fingerprint density at radius 3 is 2.83 bits per heavy atom. The molecule has 0 aliphatic rings. The Morgan fingerprint density at radius 2 is 2.03 bits per heavy atom. The van der Waals surface area contributed by atoms with Crippen molar-refractivity contribution < 1.29 is 4.92 Å². The number of anilines is 1. The Bertz CT molecular complexity index is 1340. The van der Waals surface area contributed by atoms with Gasteiger partial charge in [0.15, 0.2) is 0 Å². The summed E-state index contributed by atoms with van der Waals surface area (Å²) in [4.78, 5) is 19.6. The Balaban J connectivity index is 1.64. The molecule has 2 aromatic heterocycles. The van der Waals surface area contributed by atoms with E-state index in [9.17, 15) is 15.4 Å². The van der Waals surface area contributed by atoms with Crippen molar-refractivity contribution in [3.05, 3.63) is 87.0 Å². The highest BCUT2D eigenvalue weighted by atomic mass is 32.1. The predicted octanol–water partition coefficient (Wildman–Crippen LogP) is 5.55. The molecule has 1 N–H and O–H groups in total. The van der Waals surface area contributed by atoms with Crippen LogP contribution in [-0.4, -0.2) is 14.9 Å². The van der Waals surface area contributed by atoms with Crippen molar-refractivity contribution in [1.82, 2.24) is 9.97 Å². The van der Waals surface area contributed by atoms with Crippen molar-refractivity contribution in [2.75, 3.05) is 5.32 Å². The van der Waals surface area contributed by atoms with Gasteiger partial charge in [-0.2, -0.15) is 5.26 Å². The number of rotatable bonds is 5. The summed E-state index contributed by atoms with van der Waals surface area (Å²) in [6.45, 7) is 1.93. The highest BCUT2D eigenvalue weighted by molar-refractivity contribution is 7.11. The maximum atomic E-state index is 11.0. The van der Waals surface area contributed by atoms with E-state index in [0.717, 1.165) is 22.3 Å². The number of nitro groups is 1. The Kier molecular flexibility index (Phi) is 5.20. The number of hydrogen-bond acceptors (Lipinski definition) is 7. The van der Waals surface area contributed by atoms with Gasteiger partial charge >= 0.3 is 0 Å². The van der Waals surface area contributed by atoms with Crippen molar-refractivity contribution >= 4 is 39.2 Å². The lowest BCUT2D eigenvalue weighted by molar-refractivity contribution is -0.384. The zero-order valence-corrected chi connectivity index (χ0v) is 16.7. The first-order chi connectivity index (χ1) is 14.5. The minimum atomic E-state index is -0.443. The largest absolute Gasteiger partial charge is 0.359 e.